The fourth-order valence-corrected chi connectivity index (χ4v) is 3.15. The molecule has 2 heterocycles. The Labute approximate surface area is 160 Å². The lowest BCUT2D eigenvalue weighted by Crippen LogP contribution is -2.33. The lowest BCUT2D eigenvalue weighted by Gasteiger charge is -2.26. The van der Waals surface area contributed by atoms with Gasteiger partial charge in [0, 0.05) is 25.1 Å². The van der Waals surface area contributed by atoms with Crippen LogP contribution in [0.5, 0.6) is 0 Å². The molecule has 1 aliphatic rings. The standard InChI is InChI=1S/C19H26N4O2.ClH/c1-19(2,3)11-16(24)23-10-4-5-15(23)18-21-17(22-25-18)14-8-6-13(12-20)7-9-14;/h6-9,15H,4-5,10-12,20H2,1-3H3;1H. The SMILES string of the molecule is CC(C)(C)CC(=O)N1CCCC1c1nc(-c2ccc(CN)cc2)no1.Cl. The zero-order valence-electron chi connectivity index (χ0n) is 15.6. The van der Waals surface area contributed by atoms with E-state index in [0.717, 1.165) is 30.5 Å². The molecule has 1 aromatic heterocycles. The van der Waals surface area contributed by atoms with Gasteiger partial charge in [0.05, 0.1) is 0 Å². The molecule has 2 N–H and O–H groups in total. The van der Waals surface area contributed by atoms with E-state index in [2.05, 4.69) is 30.9 Å². The Balaban J connectivity index is 0.00000243. The topological polar surface area (TPSA) is 85.2 Å². The first-order chi connectivity index (χ1) is 11.9. The number of benzene rings is 1. The van der Waals surface area contributed by atoms with Gasteiger partial charge in [-0.1, -0.05) is 50.2 Å². The van der Waals surface area contributed by atoms with E-state index >= 15 is 0 Å². The first-order valence-electron chi connectivity index (χ1n) is 8.80. The summed E-state index contributed by atoms with van der Waals surface area (Å²) in [5.74, 6) is 1.23. The highest BCUT2D eigenvalue weighted by Crippen LogP contribution is 2.34. The molecular formula is C19H27ClN4O2. The number of rotatable bonds is 4. The third-order valence-corrected chi connectivity index (χ3v) is 4.43. The summed E-state index contributed by atoms with van der Waals surface area (Å²) in [6.07, 6.45) is 2.35. The number of amides is 1. The van der Waals surface area contributed by atoms with Crippen LogP contribution < -0.4 is 5.73 Å². The molecule has 2 aromatic rings. The van der Waals surface area contributed by atoms with Crippen LogP contribution in [-0.2, 0) is 11.3 Å². The van der Waals surface area contributed by atoms with E-state index in [4.69, 9.17) is 10.3 Å². The van der Waals surface area contributed by atoms with Crippen LogP contribution in [-0.4, -0.2) is 27.5 Å². The quantitative estimate of drug-likeness (QED) is 0.876. The summed E-state index contributed by atoms with van der Waals surface area (Å²) in [5, 5.41) is 4.10. The Hall–Kier alpha value is -1.92. The van der Waals surface area contributed by atoms with E-state index in [1.54, 1.807) is 0 Å². The van der Waals surface area contributed by atoms with Crippen LogP contribution in [0.2, 0.25) is 0 Å². The second-order valence-electron chi connectivity index (χ2n) is 7.84. The van der Waals surface area contributed by atoms with Gasteiger partial charge < -0.3 is 15.2 Å². The van der Waals surface area contributed by atoms with Gasteiger partial charge >= 0.3 is 0 Å². The van der Waals surface area contributed by atoms with Crippen molar-refractivity contribution in [2.24, 2.45) is 11.1 Å². The minimum atomic E-state index is -0.112. The molecule has 1 fully saturated rings. The van der Waals surface area contributed by atoms with Crippen LogP contribution in [0.15, 0.2) is 28.8 Å². The molecule has 1 saturated heterocycles. The second kappa shape index (κ2) is 8.18. The normalized spacial score (nSPS) is 17.2. The summed E-state index contributed by atoms with van der Waals surface area (Å²) < 4.78 is 5.49. The van der Waals surface area contributed by atoms with Crippen molar-refractivity contribution in [2.75, 3.05) is 6.54 Å². The molecule has 1 unspecified atom stereocenters. The summed E-state index contributed by atoms with van der Waals surface area (Å²) in [6, 6.07) is 7.68. The van der Waals surface area contributed by atoms with Crippen LogP contribution >= 0.6 is 12.4 Å². The highest BCUT2D eigenvalue weighted by molar-refractivity contribution is 5.85. The Bertz CT molecular complexity index is 737. The number of carbonyl (C=O) groups excluding carboxylic acids is 1. The van der Waals surface area contributed by atoms with Gasteiger partial charge in [-0.3, -0.25) is 4.79 Å². The molecule has 7 heteroatoms. The largest absolute Gasteiger partial charge is 0.337 e. The van der Waals surface area contributed by atoms with Crippen LogP contribution in [0.1, 0.15) is 57.5 Å². The molecule has 1 aliphatic heterocycles. The van der Waals surface area contributed by atoms with Crippen molar-refractivity contribution in [3.63, 3.8) is 0 Å². The zero-order chi connectivity index (χ0) is 18.0. The third kappa shape index (κ3) is 4.62. The molecule has 0 aliphatic carbocycles. The number of aromatic nitrogens is 2. The summed E-state index contributed by atoms with van der Waals surface area (Å²) >= 11 is 0. The van der Waals surface area contributed by atoms with Crippen LogP contribution in [0, 0.1) is 5.41 Å². The van der Waals surface area contributed by atoms with Gasteiger partial charge in [-0.25, -0.2) is 0 Å². The predicted octanol–water partition coefficient (Wildman–Crippen LogP) is 3.72. The van der Waals surface area contributed by atoms with Crippen molar-refractivity contribution in [1.82, 2.24) is 15.0 Å². The molecular weight excluding hydrogens is 352 g/mol. The molecule has 3 rings (SSSR count). The smallest absolute Gasteiger partial charge is 0.249 e. The fourth-order valence-electron chi connectivity index (χ4n) is 3.15. The molecule has 1 atom stereocenters. The summed E-state index contributed by atoms with van der Waals surface area (Å²) in [7, 11) is 0. The van der Waals surface area contributed by atoms with Crippen molar-refractivity contribution in [2.45, 2.75) is 52.6 Å². The molecule has 1 amide bonds. The summed E-state index contributed by atoms with van der Waals surface area (Å²) in [6.45, 7) is 7.48. The molecule has 0 radical (unpaired) electrons. The van der Waals surface area contributed by atoms with Gasteiger partial charge in [0.2, 0.25) is 17.6 Å². The Morgan fingerprint density at radius 2 is 2.00 bits per heavy atom. The molecule has 6 nitrogen and oxygen atoms in total. The van der Waals surface area contributed by atoms with Crippen molar-refractivity contribution in [3.8, 4) is 11.4 Å². The van der Waals surface area contributed by atoms with E-state index in [1.807, 2.05) is 29.2 Å². The average Bonchev–Trinajstić information content (AvgIpc) is 3.22. The predicted molar refractivity (Wildman–Crippen MR) is 103 cm³/mol. The maximum atomic E-state index is 12.6. The Kier molecular flexibility index (Phi) is 6.42. The van der Waals surface area contributed by atoms with Crippen molar-refractivity contribution in [3.05, 3.63) is 35.7 Å². The molecule has 0 saturated carbocycles. The monoisotopic (exact) mass is 378 g/mol. The Morgan fingerprint density at radius 3 is 2.62 bits per heavy atom. The highest BCUT2D eigenvalue weighted by Gasteiger charge is 2.35. The maximum Gasteiger partial charge on any atom is 0.249 e. The molecule has 142 valence electrons. The van der Waals surface area contributed by atoms with Gasteiger partial charge in [-0.2, -0.15) is 4.98 Å². The van der Waals surface area contributed by atoms with Gasteiger partial charge in [-0.05, 0) is 23.8 Å². The molecule has 0 bridgehead atoms. The lowest BCUT2D eigenvalue weighted by molar-refractivity contribution is -0.134. The number of nitrogens with two attached hydrogens (primary N) is 1. The van der Waals surface area contributed by atoms with Crippen LogP contribution in [0.4, 0.5) is 0 Å². The number of hydrogen-bond acceptors (Lipinski definition) is 5. The van der Waals surface area contributed by atoms with Crippen LogP contribution in [0.25, 0.3) is 11.4 Å². The zero-order valence-corrected chi connectivity index (χ0v) is 16.4. The minimum Gasteiger partial charge on any atom is -0.337 e. The van der Waals surface area contributed by atoms with Gasteiger partial charge in [0.1, 0.15) is 6.04 Å². The van der Waals surface area contributed by atoms with E-state index in [0.29, 0.717) is 24.7 Å². The van der Waals surface area contributed by atoms with E-state index in [-0.39, 0.29) is 29.8 Å². The summed E-state index contributed by atoms with van der Waals surface area (Å²) in [4.78, 5) is 19.0. The highest BCUT2D eigenvalue weighted by atomic mass is 35.5. The summed E-state index contributed by atoms with van der Waals surface area (Å²) in [5.41, 5.74) is 7.54. The average molecular weight is 379 g/mol. The van der Waals surface area contributed by atoms with Gasteiger partial charge in [0.25, 0.3) is 0 Å². The number of hydrogen-bond donors (Lipinski definition) is 1. The van der Waals surface area contributed by atoms with E-state index < -0.39 is 0 Å². The van der Waals surface area contributed by atoms with Gasteiger partial charge in [0.15, 0.2) is 0 Å². The third-order valence-electron chi connectivity index (χ3n) is 4.43. The lowest BCUT2D eigenvalue weighted by atomic mass is 9.91. The molecule has 26 heavy (non-hydrogen) atoms. The number of likely N-dealkylation sites (tertiary alicyclic amines) is 1. The van der Waals surface area contributed by atoms with Crippen LogP contribution in [0.3, 0.4) is 0 Å². The van der Waals surface area contributed by atoms with Crippen molar-refractivity contribution in [1.29, 1.82) is 0 Å². The first kappa shape index (κ1) is 20.4. The number of carbonyl (C=O) groups is 1. The molecule has 0 spiro atoms. The minimum absolute atomic E-state index is 0. The molecule has 1 aromatic carbocycles. The fraction of sp³-hybridized carbons (Fsp3) is 0.526. The second-order valence-corrected chi connectivity index (χ2v) is 7.84. The maximum absolute atomic E-state index is 12.6. The van der Waals surface area contributed by atoms with E-state index in [1.165, 1.54) is 0 Å². The van der Waals surface area contributed by atoms with Crippen molar-refractivity contribution >= 4 is 18.3 Å². The first-order valence-corrected chi connectivity index (χ1v) is 8.80. The number of halogens is 1. The van der Waals surface area contributed by atoms with E-state index in [9.17, 15) is 4.79 Å². The Morgan fingerprint density at radius 1 is 1.31 bits per heavy atom. The number of nitrogens with zero attached hydrogens (tertiary/aromatic N) is 3. The van der Waals surface area contributed by atoms with Crippen molar-refractivity contribution < 1.29 is 9.32 Å². The van der Waals surface area contributed by atoms with Gasteiger partial charge in [-0.15, -0.1) is 12.4 Å².